The van der Waals surface area contributed by atoms with Crippen molar-refractivity contribution in [3.05, 3.63) is 29.8 Å². The van der Waals surface area contributed by atoms with Crippen LogP contribution in [-0.2, 0) is 6.42 Å². The normalized spacial score (nSPS) is 16.4. The van der Waals surface area contributed by atoms with Gasteiger partial charge >= 0.3 is 0 Å². The fraction of sp³-hybridized carbons (Fsp3) is 0.600. The zero-order chi connectivity index (χ0) is 12.1. The zero-order valence-corrected chi connectivity index (χ0v) is 10.9. The molecule has 0 aromatic heterocycles. The van der Waals surface area contributed by atoms with E-state index in [4.69, 9.17) is 5.73 Å². The van der Waals surface area contributed by atoms with Crippen LogP contribution in [0, 0.1) is 0 Å². The maximum atomic E-state index is 5.71. The van der Waals surface area contributed by atoms with E-state index in [-0.39, 0.29) is 0 Å². The number of anilines is 1. The van der Waals surface area contributed by atoms with E-state index < -0.39 is 0 Å². The molecule has 94 valence electrons. The molecule has 17 heavy (non-hydrogen) atoms. The van der Waals surface area contributed by atoms with Crippen LogP contribution in [0.1, 0.15) is 38.2 Å². The van der Waals surface area contributed by atoms with Crippen LogP contribution < -0.4 is 10.6 Å². The number of rotatable bonds is 5. The van der Waals surface area contributed by atoms with Crippen LogP contribution in [0.3, 0.4) is 0 Å². The minimum absolute atomic E-state index is 0.735. The quantitative estimate of drug-likeness (QED) is 0.845. The van der Waals surface area contributed by atoms with Crippen molar-refractivity contribution in [3.63, 3.8) is 0 Å². The van der Waals surface area contributed by atoms with Crippen LogP contribution >= 0.6 is 0 Å². The first-order valence-corrected chi connectivity index (χ1v) is 6.91. The fourth-order valence-electron chi connectivity index (χ4n) is 3.00. The van der Waals surface area contributed by atoms with Gasteiger partial charge in [0, 0.05) is 18.3 Å². The molecular weight excluding hydrogens is 208 g/mol. The van der Waals surface area contributed by atoms with E-state index >= 15 is 0 Å². The first-order chi connectivity index (χ1) is 8.36. The van der Waals surface area contributed by atoms with Crippen LogP contribution in [-0.4, -0.2) is 19.1 Å². The smallest absolute Gasteiger partial charge is 0.0401 e. The molecule has 0 amide bonds. The number of benzene rings is 1. The lowest BCUT2D eigenvalue weighted by atomic mass is 10.1. The number of nitrogens with two attached hydrogens (primary N) is 1. The van der Waals surface area contributed by atoms with Crippen LogP contribution in [0.4, 0.5) is 5.69 Å². The average Bonchev–Trinajstić information content (AvgIpc) is 2.86. The second-order valence-corrected chi connectivity index (χ2v) is 4.89. The monoisotopic (exact) mass is 232 g/mol. The van der Waals surface area contributed by atoms with Gasteiger partial charge in [0.15, 0.2) is 0 Å². The van der Waals surface area contributed by atoms with E-state index in [0.717, 1.165) is 25.6 Å². The molecule has 1 saturated carbocycles. The third-order valence-corrected chi connectivity index (χ3v) is 3.82. The molecule has 1 aliphatic rings. The van der Waals surface area contributed by atoms with Gasteiger partial charge in [0.25, 0.3) is 0 Å². The number of hydrogen-bond acceptors (Lipinski definition) is 2. The van der Waals surface area contributed by atoms with Gasteiger partial charge in [-0.25, -0.2) is 0 Å². The van der Waals surface area contributed by atoms with Gasteiger partial charge in [0.2, 0.25) is 0 Å². The highest BCUT2D eigenvalue weighted by atomic mass is 15.2. The first kappa shape index (κ1) is 12.4. The summed E-state index contributed by atoms with van der Waals surface area (Å²) in [7, 11) is 0. The molecule has 0 atom stereocenters. The molecule has 0 heterocycles. The number of nitrogens with zero attached hydrogens (tertiary/aromatic N) is 1. The van der Waals surface area contributed by atoms with Crippen molar-refractivity contribution >= 4 is 5.69 Å². The second kappa shape index (κ2) is 6.06. The molecule has 0 aliphatic heterocycles. The van der Waals surface area contributed by atoms with Gasteiger partial charge in [0.05, 0.1) is 0 Å². The fourth-order valence-corrected chi connectivity index (χ4v) is 3.00. The third-order valence-electron chi connectivity index (χ3n) is 3.82. The van der Waals surface area contributed by atoms with Crippen molar-refractivity contribution < 1.29 is 0 Å². The predicted molar refractivity (Wildman–Crippen MR) is 74.5 cm³/mol. The zero-order valence-electron chi connectivity index (χ0n) is 10.9. The molecule has 0 bridgehead atoms. The predicted octanol–water partition coefficient (Wildman–Crippen LogP) is 2.96. The van der Waals surface area contributed by atoms with Crippen molar-refractivity contribution in [2.75, 3.05) is 18.0 Å². The van der Waals surface area contributed by atoms with Crippen LogP contribution in [0.5, 0.6) is 0 Å². The van der Waals surface area contributed by atoms with Crippen LogP contribution in [0.2, 0.25) is 0 Å². The molecule has 2 nitrogen and oxygen atoms in total. The topological polar surface area (TPSA) is 29.3 Å². The Bertz CT molecular complexity index is 343. The van der Waals surface area contributed by atoms with Gasteiger partial charge in [-0.15, -0.1) is 0 Å². The highest BCUT2D eigenvalue weighted by Gasteiger charge is 2.22. The second-order valence-electron chi connectivity index (χ2n) is 4.89. The van der Waals surface area contributed by atoms with Crippen molar-refractivity contribution in [3.8, 4) is 0 Å². The summed E-state index contributed by atoms with van der Waals surface area (Å²) in [6.07, 6.45) is 6.47. The van der Waals surface area contributed by atoms with E-state index in [1.54, 1.807) is 0 Å². The Balaban J connectivity index is 2.22. The molecule has 2 rings (SSSR count). The Morgan fingerprint density at radius 1 is 1.24 bits per heavy atom. The summed E-state index contributed by atoms with van der Waals surface area (Å²) >= 11 is 0. The summed E-state index contributed by atoms with van der Waals surface area (Å²) in [5, 5.41) is 0. The lowest BCUT2D eigenvalue weighted by molar-refractivity contribution is 0.617. The molecule has 0 saturated heterocycles. The van der Waals surface area contributed by atoms with Crippen molar-refractivity contribution in [1.82, 2.24) is 0 Å². The molecule has 2 heteroatoms. The minimum Gasteiger partial charge on any atom is -0.369 e. The highest BCUT2D eigenvalue weighted by molar-refractivity contribution is 5.54. The van der Waals surface area contributed by atoms with Crippen LogP contribution in [0.15, 0.2) is 24.3 Å². The largest absolute Gasteiger partial charge is 0.369 e. The standard InChI is InChI=1S/C15H24N2/c1-2-17(14-8-4-5-9-14)15-10-6-3-7-13(15)11-12-16/h3,6-7,10,14H,2,4-5,8-9,11-12,16H2,1H3. The van der Waals surface area contributed by atoms with Gasteiger partial charge in [0.1, 0.15) is 0 Å². The Labute approximate surface area is 105 Å². The highest BCUT2D eigenvalue weighted by Crippen LogP contribution is 2.30. The summed E-state index contributed by atoms with van der Waals surface area (Å²) in [5.74, 6) is 0. The maximum absolute atomic E-state index is 5.71. The van der Waals surface area contributed by atoms with E-state index in [1.165, 1.54) is 36.9 Å². The first-order valence-electron chi connectivity index (χ1n) is 6.91. The number of hydrogen-bond donors (Lipinski definition) is 1. The molecular formula is C15H24N2. The van der Waals surface area contributed by atoms with Gasteiger partial charge in [-0.1, -0.05) is 31.0 Å². The minimum atomic E-state index is 0.735. The lowest BCUT2D eigenvalue weighted by Crippen LogP contribution is -2.33. The summed E-state index contributed by atoms with van der Waals surface area (Å²) < 4.78 is 0. The van der Waals surface area contributed by atoms with E-state index in [2.05, 4.69) is 36.1 Å². The van der Waals surface area contributed by atoms with Gasteiger partial charge < -0.3 is 10.6 Å². The summed E-state index contributed by atoms with van der Waals surface area (Å²) in [5.41, 5.74) is 8.52. The van der Waals surface area contributed by atoms with E-state index in [1.807, 2.05) is 0 Å². The number of para-hydroxylation sites is 1. The van der Waals surface area contributed by atoms with Gasteiger partial charge in [-0.05, 0) is 44.4 Å². The molecule has 1 aromatic rings. The summed E-state index contributed by atoms with van der Waals surface area (Å²) in [6, 6.07) is 9.50. The lowest BCUT2D eigenvalue weighted by Gasteiger charge is -2.31. The third kappa shape index (κ3) is 2.81. The Kier molecular flexibility index (Phi) is 4.43. The van der Waals surface area contributed by atoms with E-state index in [0.29, 0.717) is 0 Å². The Morgan fingerprint density at radius 3 is 2.59 bits per heavy atom. The maximum Gasteiger partial charge on any atom is 0.0401 e. The molecule has 0 spiro atoms. The SMILES string of the molecule is CCN(c1ccccc1CCN)C1CCCC1. The molecule has 2 N–H and O–H groups in total. The van der Waals surface area contributed by atoms with Gasteiger partial charge in [-0.2, -0.15) is 0 Å². The Morgan fingerprint density at radius 2 is 1.94 bits per heavy atom. The van der Waals surface area contributed by atoms with Crippen molar-refractivity contribution in [2.45, 2.75) is 45.1 Å². The van der Waals surface area contributed by atoms with Gasteiger partial charge in [-0.3, -0.25) is 0 Å². The molecule has 0 unspecified atom stereocenters. The summed E-state index contributed by atoms with van der Waals surface area (Å²) in [4.78, 5) is 2.58. The van der Waals surface area contributed by atoms with Crippen LogP contribution in [0.25, 0.3) is 0 Å². The summed E-state index contributed by atoms with van der Waals surface area (Å²) in [6.45, 7) is 4.10. The molecule has 1 aliphatic carbocycles. The molecule has 0 radical (unpaired) electrons. The van der Waals surface area contributed by atoms with E-state index in [9.17, 15) is 0 Å². The average molecular weight is 232 g/mol. The Hall–Kier alpha value is -1.02. The van der Waals surface area contributed by atoms with Crippen molar-refractivity contribution in [1.29, 1.82) is 0 Å². The molecule has 1 aromatic carbocycles. The molecule has 1 fully saturated rings. The van der Waals surface area contributed by atoms with Crippen molar-refractivity contribution in [2.24, 2.45) is 5.73 Å².